The summed E-state index contributed by atoms with van der Waals surface area (Å²) in [6.45, 7) is 5.09. The van der Waals surface area contributed by atoms with Crippen molar-refractivity contribution in [3.05, 3.63) is 38.9 Å². The molecule has 1 unspecified atom stereocenters. The van der Waals surface area contributed by atoms with Gasteiger partial charge in [0, 0.05) is 7.05 Å². The molecule has 0 fully saturated rings. The number of fused-ring (bicyclic) bond motifs is 1. The predicted molar refractivity (Wildman–Crippen MR) is 113 cm³/mol. The zero-order valence-corrected chi connectivity index (χ0v) is 18.1. The molecule has 0 aromatic carbocycles. The number of carbonyl (C=O) groups excluding carboxylic acids is 2. The molecule has 0 aliphatic rings. The van der Waals surface area contributed by atoms with Crippen molar-refractivity contribution < 1.29 is 24.2 Å². The van der Waals surface area contributed by atoms with Crippen LogP contribution in [0.4, 0.5) is 5.82 Å². The summed E-state index contributed by atoms with van der Waals surface area (Å²) in [5.74, 6) is -2.18. The van der Waals surface area contributed by atoms with Gasteiger partial charge in [0.2, 0.25) is 5.91 Å². The third-order valence-corrected chi connectivity index (χ3v) is 5.96. The highest BCUT2D eigenvalue weighted by Gasteiger charge is 2.27. The van der Waals surface area contributed by atoms with Crippen LogP contribution >= 0.6 is 11.3 Å². The Hall–Kier alpha value is -3.54. The van der Waals surface area contributed by atoms with Crippen molar-refractivity contribution in [3.63, 3.8) is 0 Å². The van der Waals surface area contributed by atoms with Crippen LogP contribution in [0.5, 0.6) is 0 Å². The average molecular weight is 447 g/mol. The monoisotopic (exact) mass is 447 g/mol. The molecular weight excluding hydrogens is 426 g/mol. The minimum atomic E-state index is -1.14. The molecule has 0 aliphatic heterocycles. The summed E-state index contributed by atoms with van der Waals surface area (Å²) in [6, 6.07) is -0.943. The number of aromatic carboxylic acids is 1. The summed E-state index contributed by atoms with van der Waals surface area (Å²) in [4.78, 5) is 54.1. The summed E-state index contributed by atoms with van der Waals surface area (Å²) in [6.07, 6.45) is 2.77. The van der Waals surface area contributed by atoms with Crippen LogP contribution in [0.1, 0.15) is 51.9 Å². The number of aromatic nitrogens is 4. The number of hydrogen-bond donors (Lipinski definition) is 2. The molecule has 0 radical (unpaired) electrons. The molecule has 3 heterocycles. The van der Waals surface area contributed by atoms with Gasteiger partial charge in [-0.2, -0.15) is 5.10 Å². The van der Waals surface area contributed by atoms with Gasteiger partial charge < -0.3 is 15.2 Å². The van der Waals surface area contributed by atoms with Crippen LogP contribution in [0.2, 0.25) is 0 Å². The molecule has 0 saturated carbocycles. The summed E-state index contributed by atoms with van der Waals surface area (Å²) < 4.78 is 7.47. The zero-order chi connectivity index (χ0) is 22.9. The topological polar surface area (TPSA) is 145 Å². The summed E-state index contributed by atoms with van der Waals surface area (Å²) >= 11 is 0.911. The van der Waals surface area contributed by atoms with Crippen molar-refractivity contribution in [3.8, 4) is 0 Å². The van der Waals surface area contributed by atoms with Crippen molar-refractivity contribution in [2.24, 2.45) is 7.05 Å². The van der Waals surface area contributed by atoms with Crippen LogP contribution in [0.15, 0.2) is 17.3 Å². The van der Waals surface area contributed by atoms with Crippen molar-refractivity contribution in [2.75, 3.05) is 11.9 Å². The second-order valence-electron chi connectivity index (χ2n) is 6.66. The Kier molecular flexibility index (Phi) is 6.20. The van der Waals surface area contributed by atoms with E-state index in [0.717, 1.165) is 11.3 Å². The fourth-order valence-corrected chi connectivity index (χ4v) is 4.19. The number of anilines is 1. The summed E-state index contributed by atoms with van der Waals surface area (Å²) in [7, 11) is 1.56. The standard InChI is InChI=1S/C19H21N5O6S/c1-5-11(15(25)22-14-10(7-21-23(14)4)19(29)30-6-2)24-8-20-16-12(17(24)26)9(3)13(31-16)18(27)28/h7-8,11H,5-6H2,1-4H3,(H,22,25)(H,27,28). The SMILES string of the molecule is CCOC(=O)c1cnn(C)c1NC(=O)C(CC)n1cnc2sc(C(=O)O)c(C)c2c1=O. The second kappa shape index (κ2) is 8.68. The Morgan fingerprint density at radius 3 is 2.65 bits per heavy atom. The van der Waals surface area contributed by atoms with E-state index in [2.05, 4.69) is 15.4 Å². The second-order valence-corrected chi connectivity index (χ2v) is 7.66. The number of aryl methyl sites for hydroxylation is 2. The fourth-order valence-electron chi connectivity index (χ4n) is 3.22. The normalized spacial score (nSPS) is 12.0. The molecule has 0 saturated heterocycles. The molecule has 1 atom stereocenters. The minimum Gasteiger partial charge on any atom is -0.477 e. The highest BCUT2D eigenvalue weighted by Crippen LogP contribution is 2.27. The first-order valence-corrected chi connectivity index (χ1v) is 10.3. The number of carboxylic acid groups (broad SMARTS) is 1. The summed E-state index contributed by atoms with van der Waals surface area (Å²) in [5, 5.41) is 16.1. The number of carbonyl (C=O) groups is 3. The molecular formula is C19H21N5O6S. The number of thiophene rings is 1. The van der Waals surface area contributed by atoms with E-state index in [1.807, 2.05) is 0 Å². The van der Waals surface area contributed by atoms with E-state index in [1.54, 1.807) is 20.9 Å². The molecule has 1 amide bonds. The third kappa shape index (κ3) is 3.93. The lowest BCUT2D eigenvalue weighted by Gasteiger charge is -2.18. The van der Waals surface area contributed by atoms with Gasteiger partial charge in [-0.15, -0.1) is 11.3 Å². The third-order valence-electron chi connectivity index (χ3n) is 4.77. The van der Waals surface area contributed by atoms with Crippen molar-refractivity contribution >= 4 is 45.2 Å². The Morgan fingerprint density at radius 1 is 1.32 bits per heavy atom. The highest BCUT2D eigenvalue weighted by molar-refractivity contribution is 7.20. The van der Waals surface area contributed by atoms with Crippen LogP contribution in [0.25, 0.3) is 10.2 Å². The molecule has 31 heavy (non-hydrogen) atoms. The van der Waals surface area contributed by atoms with Crippen LogP contribution in [-0.4, -0.2) is 48.9 Å². The van der Waals surface area contributed by atoms with E-state index in [-0.39, 0.29) is 34.7 Å². The number of hydrogen-bond acceptors (Lipinski definition) is 8. The largest absolute Gasteiger partial charge is 0.477 e. The number of amides is 1. The number of ether oxygens (including phenoxy) is 1. The lowest BCUT2D eigenvalue weighted by molar-refractivity contribution is -0.119. The number of rotatable bonds is 7. The average Bonchev–Trinajstić information content (AvgIpc) is 3.25. The van der Waals surface area contributed by atoms with E-state index in [4.69, 9.17) is 4.74 Å². The van der Waals surface area contributed by atoms with E-state index in [0.29, 0.717) is 10.4 Å². The van der Waals surface area contributed by atoms with E-state index in [1.165, 1.54) is 28.7 Å². The van der Waals surface area contributed by atoms with Gasteiger partial charge in [-0.25, -0.2) is 14.6 Å². The van der Waals surface area contributed by atoms with E-state index in [9.17, 15) is 24.3 Å². The Labute approximate surface area is 180 Å². The fraction of sp³-hybridized carbons (Fsp3) is 0.368. The first-order chi connectivity index (χ1) is 14.7. The molecule has 0 spiro atoms. The number of esters is 1. The maximum atomic E-state index is 13.1. The van der Waals surface area contributed by atoms with Gasteiger partial charge in [0.1, 0.15) is 27.1 Å². The first-order valence-electron chi connectivity index (χ1n) is 9.44. The van der Waals surface area contributed by atoms with Gasteiger partial charge in [-0.05, 0) is 25.8 Å². The molecule has 11 nitrogen and oxygen atoms in total. The molecule has 3 aromatic rings. The van der Waals surface area contributed by atoms with Crippen molar-refractivity contribution in [1.29, 1.82) is 0 Å². The van der Waals surface area contributed by atoms with Gasteiger partial charge in [-0.1, -0.05) is 6.92 Å². The van der Waals surface area contributed by atoms with Crippen molar-refractivity contribution in [2.45, 2.75) is 33.2 Å². The molecule has 3 aromatic heterocycles. The maximum absolute atomic E-state index is 13.1. The van der Waals surface area contributed by atoms with Gasteiger partial charge in [0.15, 0.2) is 0 Å². The number of nitrogens with one attached hydrogen (secondary N) is 1. The summed E-state index contributed by atoms with van der Waals surface area (Å²) in [5.41, 5.74) is -0.108. The van der Waals surface area contributed by atoms with E-state index >= 15 is 0 Å². The van der Waals surface area contributed by atoms with Crippen LogP contribution < -0.4 is 10.9 Å². The van der Waals surface area contributed by atoms with Crippen LogP contribution in [0.3, 0.4) is 0 Å². The van der Waals surface area contributed by atoms with Crippen LogP contribution in [0, 0.1) is 6.92 Å². The predicted octanol–water partition coefficient (Wildman–Crippen LogP) is 1.96. The number of nitrogens with zero attached hydrogens (tertiary/aromatic N) is 4. The molecule has 0 aliphatic carbocycles. The van der Waals surface area contributed by atoms with Gasteiger partial charge in [-0.3, -0.25) is 18.8 Å². The lowest BCUT2D eigenvalue weighted by atomic mass is 10.1. The smallest absolute Gasteiger partial charge is 0.346 e. The van der Waals surface area contributed by atoms with Crippen molar-refractivity contribution in [1.82, 2.24) is 19.3 Å². The molecule has 0 bridgehead atoms. The molecule has 12 heteroatoms. The molecule has 164 valence electrons. The quantitative estimate of drug-likeness (QED) is 0.523. The molecule has 2 N–H and O–H groups in total. The van der Waals surface area contributed by atoms with Gasteiger partial charge in [0.25, 0.3) is 5.56 Å². The van der Waals surface area contributed by atoms with Gasteiger partial charge in [0.05, 0.1) is 24.5 Å². The van der Waals surface area contributed by atoms with Gasteiger partial charge >= 0.3 is 11.9 Å². The van der Waals surface area contributed by atoms with Crippen LogP contribution in [-0.2, 0) is 16.6 Å². The maximum Gasteiger partial charge on any atom is 0.346 e. The molecule has 3 rings (SSSR count). The Morgan fingerprint density at radius 2 is 2.03 bits per heavy atom. The Balaban J connectivity index is 2.00. The first kappa shape index (κ1) is 22.2. The minimum absolute atomic E-state index is 0.0313. The Bertz CT molecular complexity index is 1240. The number of carboxylic acids is 1. The zero-order valence-electron chi connectivity index (χ0n) is 17.3. The van der Waals surface area contributed by atoms with E-state index < -0.39 is 29.4 Å². The highest BCUT2D eigenvalue weighted by atomic mass is 32.1. The lowest BCUT2D eigenvalue weighted by Crippen LogP contribution is -2.34.